The largest absolute Gasteiger partial charge is 0.311 e. The van der Waals surface area contributed by atoms with Crippen molar-refractivity contribution < 1.29 is 8.95 Å². The summed E-state index contributed by atoms with van der Waals surface area (Å²) in [5.74, 6) is -0.900. The lowest BCUT2D eigenvalue weighted by atomic mass is 10.7. The van der Waals surface area contributed by atoms with Crippen molar-refractivity contribution in [2.75, 3.05) is 5.70 Å². The molecule has 0 atom stereocenters. The second kappa shape index (κ2) is 1.79. The fourth-order valence-electron chi connectivity index (χ4n) is 0.216. The van der Waals surface area contributed by atoms with E-state index in [0.29, 0.717) is 17.1 Å². The van der Waals surface area contributed by atoms with Gasteiger partial charge >= 0.3 is 0 Å². The van der Waals surface area contributed by atoms with Gasteiger partial charge in [-0.15, -0.1) is 0 Å². The van der Waals surface area contributed by atoms with Crippen LogP contribution in [0.4, 0.5) is 0 Å². The topological polar surface area (TPSA) is 29.1 Å². The van der Waals surface area contributed by atoms with Gasteiger partial charge in [-0.25, -0.2) is 0 Å². The summed E-state index contributed by atoms with van der Waals surface area (Å²) in [5, 5.41) is 0.403. The Morgan fingerprint density at radius 1 is 2.29 bits per heavy atom. The van der Waals surface area contributed by atoms with Crippen LogP contribution >= 0.6 is 24.0 Å². The van der Waals surface area contributed by atoms with Crippen molar-refractivity contribution in [3.63, 3.8) is 0 Å². The van der Waals surface area contributed by atoms with Crippen LogP contribution in [0.1, 0.15) is 2.74 Å². The number of hydrogen-bond donors (Lipinski definition) is 1. The van der Waals surface area contributed by atoms with E-state index < -0.39 is 11.6 Å². The summed E-state index contributed by atoms with van der Waals surface area (Å²) >= 11 is 5.10. The standard InChI is InChI=1S/C3H3NOS2/c5-2-1-7-3(6)4-2/h1H2,(H,4,5,6)/i1D2/hD. The van der Waals surface area contributed by atoms with Crippen LogP contribution in [-0.2, 0) is 4.79 Å². The SMILES string of the molecule is [2H]N1C(=O)C([2H])([2H])SC1=S. The molecule has 1 saturated heterocycles. The molecule has 4 heteroatoms. The van der Waals surface area contributed by atoms with Crippen LogP contribution in [0.2, 0.25) is 1.41 Å². The highest BCUT2D eigenvalue weighted by molar-refractivity contribution is 8.24. The predicted molar refractivity (Wildman–Crippen MR) is 33.2 cm³/mol. The average Bonchev–Trinajstić information content (AvgIpc) is 1.95. The van der Waals surface area contributed by atoms with Crippen molar-refractivity contribution in [3.05, 3.63) is 0 Å². The van der Waals surface area contributed by atoms with Gasteiger partial charge in [0.15, 0.2) is 1.41 Å². The van der Waals surface area contributed by atoms with Crippen molar-refractivity contribution in [3.8, 4) is 0 Å². The third-order valence-electron chi connectivity index (χ3n) is 0.418. The van der Waals surface area contributed by atoms with Crippen LogP contribution in [0.5, 0.6) is 0 Å². The van der Waals surface area contributed by atoms with E-state index in [1.807, 2.05) is 0 Å². The van der Waals surface area contributed by atoms with Gasteiger partial charge < -0.3 is 5.31 Å². The first kappa shape index (κ1) is 2.46. The molecule has 7 heavy (non-hydrogen) atoms. The van der Waals surface area contributed by atoms with Crippen molar-refractivity contribution >= 4 is 34.2 Å². The first-order valence-electron chi connectivity index (χ1n) is 2.96. The van der Waals surface area contributed by atoms with Crippen LogP contribution in [-0.4, -0.2) is 15.9 Å². The van der Waals surface area contributed by atoms with Crippen LogP contribution in [0.15, 0.2) is 0 Å². The van der Waals surface area contributed by atoms with E-state index in [1.54, 1.807) is 0 Å². The number of carbonyl (C=O) groups is 1. The van der Waals surface area contributed by atoms with E-state index in [9.17, 15) is 4.79 Å². The maximum absolute atomic E-state index is 10.7. The van der Waals surface area contributed by atoms with Crippen molar-refractivity contribution in [1.29, 1.82) is 0 Å². The highest BCUT2D eigenvalue weighted by atomic mass is 32.2. The molecule has 0 unspecified atom stereocenters. The summed E-state index contributed by atoms with van der Waals surface area (Å²) in [6, 6.07) is 0. The molecular weight excluding hydrogens is 130 g/mol. The number of thioether (sulfide) groups is 1. The second-order valence-electron chi connectivity index (χ2n) is 0.887. The first-order chi connectivity index (χ1) is 4.45. The Kier molecular flexibility index (Phi) is 0.630. The summed E-state index contributed by atoms with van der Waals surface area (Å²) in [6.07, 6.45) is 0. The predicted octanol–water partition coefficient (Wildman–Crippen LogP) is 0.134. The van der Waals surface area contributed by atoms with Crippen molar-refractivity contribution in [2.45, 2.75) is 0 Å². The van der Waals surface area contributed by atoms with Gasteiger partial charge in [0.1, 0.15) is 4.32 Å². The number of hydrogen-bond acceptors (Lipinski definition) is 3. The lowest BCUT2D eigenvalue weighted by Crippen LogP contribution is -2.18. The fourth-order valence-corrected chi connectivity index (χ4v) is 0.773. The van der Waals surface area contributed by atoms with Crippen LogP contribution in [0, 0.1) is 0 Å². The molecule has 1 N–H and O–H groups in total. The summed E-state index contributed by atoms with van der Waals surface area (Å²) in [7, 11) is 0. The first-order valence-corrected chi connectivity index (χ1v) is 2.74. The van der Waals surface area contributed by atoms with Gasteiger partial charge in [0.2, 0.25) is 5.91 Å². The van der Waals surface area contributed by atoms with Crippen LogP contribution in [0.3, 0.4) is 0 Å². The lowest BCUT2D eigenvalue weighted by Gasteiger charge is -1.81. The number of rotatable bonds is 0. The van der Waals surface area contributed by atoms with Gasteiger partial charge in [-0.2, -0.15) is 0 Å². The Morgan fingerprint density at radius 3 is 3.14 bits per heavy atom. The normalized spacial score (nSPS) is 34.9. The zero-order valence-corrected chi connectivity index (χ0v) is 4.80. The summed E-state index contributed by atoms with van der Waals surface area (Å²) in [6.45, 7) is 0. The van der Waals surface area contributed by atoms with E-state index in [-0.39, 0.29) is 4.32 Å². The number of nitrogens with one attached hydrogen (secondary N) is 1. The molecule has 0 aromatic heterocycles. The van der Waals surface area contributed by atoms with Gasteiger partial charge in [0, 0.05) is 2.74 Å². The molecule has 38 valence electrons. The third kappa shape index (κ3) is 1.14. The molecule has 2 nitrogen and oxygen atoms in total. The maximum atomic E-state index is 10.7. The molecule has 1 amide bonds. The summed E-state index contributed by atoms with van der Waals surface area (Å²) < 4.78 is 20.8. The second-order valence-corrected chi connectivity index (χ2v) is 2.33. The molecule has 0 aliphatic carbocycles. The van der Waals surface area contributed by atoms with Crippen LogP contribution in [0.25, 0.3) is 0 Å². The monoisotopic (exact) mass is 136 g/mol. The Bertz CT molecular complexity index is 206. The fraction of sp³-hybridized carbons (Fsp3) is 0.333. The molecule has 0 spiro atoms. The van der Waals surface area contributed by atoms with Gasteiger partial charge in [-0.05, 0) is 0 Å². The molecule has 1 fully saturated rings. The number of thiocarbonyl (C=S) groups is 1. The van der Waals surface area contributed by atoms with Gasteiger partial charge in [0.05, 0.1) is 5.70 Å². The highest BCUT2D eigenvalue weighted by Crippen LogP contribution is 2.06. The highest BCUT2D eigenvalue weighted by Gasteiger charge is 2.13. The minimum Gasteiger partial charge on any atom is -0.311 e. The molecule has 1 aliphatic rings. The molecule has 0 saturated carbocycles. The van der Waals surface area contributed by atoms with Gasteiger partial charge in [-0.1, -0.05) is 24.0 Å². The molecular formula is C3H3NOS2. The molecule has 1 aliphatic heterocycles. The zero-order valence-electron chi connectivity index (χ0n) is 6.17. The molecule has 0 bridgehead atoms. The van der Waals surface area contributed by atoms with Crippen molar-refractivity contribution in [2.24, 2.45) is 0 Å². The Hall–Kier alpha value is -0.0900. The zero-order chi connectivity index (χ0) is 7.94. The number of amides is 1. The smallest absolute Gasteiger partial charge is 0.235 e. The molecule has 1 rings (SSSR count). The van der Waals surface area contributed by atoms with E-state index >= 15 is 0 Å². The quantitative estimate of drug-likeness (QED) is 0.480. The maximum Gasteiger partial charge on any atom is 0.235 e. The Labute approximate surface area is 54.9 Å². The van der Waals surface area contributed by atoms with E-state index in [4.69, 9.17) is 4.15 Å². The minimum atomic E-state index is -2.03. The summed E-state index contributed by atoms with van der Waals surface area (Å²) in [4.78, 5) is 10.7. The molecule has 0 aromatic rings. The molecule has 1 heterocycles. The molecule has 0 radical (unpaired) electrons. The minimum absolute atomic E-state index is 0.0324. The number of carbonyl (C=O) groups excluding carboxylic acids is 1. The van der Waals surface area contributed by atoms with Gasteiger partial charge in [0.25, 0.3) is 0 Å². The summed E-state index contributed by atoms with van der Waals surface area (Å²) in [5.41, 5.74) is -2.03. The van der Waals surface area contributed by atoms with E-state index in [2.05, 4.69) is 12.2 Å². The lowest BCUT2D eigenvalue weighted by molar-refractivity contribution is -0.116. The van der Waals surface area contributed by atoms with Crippen molar-refractivity contribution in [1.82, 2.24) is 5.31 Å². The van der Waals surface area contributed by atoms with E-state index in [0.717, 1.165) is 0 Å². The van der Waals surface area contributed by atoms with Gasteiger partial charge in [-0.3, -0.25) is 4.79 Å². The van der Waals surface area contributed by atoms with Crippen LogP contribution < -0.4 is 5.31 Å². The average molecular weight is 136 g/mol. The molecule has 0 aromatic carbocycles. The Balaban J connectivity index is 2.92. The van der Waals surface area contributed by atoms with E-state index in [1.165, 1.54) is 0 Å². The third-order valence-corrected chi connectivity index (χ3v) is 1.30. The Morgan fingerprint density at radius 2 is 3.00 bits per heavy atom.